The van der Waals surface area contributed by atoms with Crippen LogP contribution in [-0.4, -0.2) is 72.6 Å². The van der Waals surface area contributed by atoms with Crippen molar-refractivity contribution in [3.8, 4) is 0 Å². The van der Waals surface area contributed by atoms with Crippen LogP contribution in [0.2, 0.25) is 0 Å². The van der Waals surface area contributed by atoms with Gasteiger partial charge in [0.2, 0.25) is 0 Å². The maximum atomic E-state index is 12.9. The van der Waals surface area contributed by atoms with Gasteiger partial charge in [-0.05, 0) is 51.9 Å². The molecule has 0 aromatic heterocycles. The largest absolute Gasteiger partial charge is 0.444 e. The standard InChI is InChI=1S/C22H35N3O3/c1-7-9-19(24(6)21(27)28-22(2,3)4)17-10-8-11-18(16-17)20(26)25-14-12-23(5)13-15-25/h8,10-11,16,19H,7,9,12-15H2,1-6H3. The zero-order valence-corrected chi connectivity index (χ0v) is 18.2. The highest BCUT2D eigenvalue weighted by molar-refractivity contribution is 5.94. The molecule has 1 fully saturated rings. The number of carbonyl (C=O) groups excluding carboxylic acids is 2. The van der Waals surface area contributed by atoms with Gasteiger partial charge in [0.15, 0.2) is 0 Å². The van der Waals surface area contributed by atoms with Crippen molar-refractivity contribution in [2.24, 2.45) is 0 Å². The molecule has 0 spiro atoms. The van der Waals surface area contributed by atoms with Crippen molar-refractivity contribution in [1.29, 1.82) is 0 Å². The summed E-state index contributed by atoms with van der Waals surface area (Å²) < 4.78 is 5.54. The van der Waals surface area contributed by atoms with Crippen molar-refractivity contribution < 1.29 is 14.3 Å². The maximum Gasteiger partial charge on any atom is 0.410 e. The zero-order valence-electron chi connectivity index (χ0n) is 18.2. The van der Waals surface area contributed by atoms with Gasteiger partial charge < -0.3 is 19.4 Å². The van der Waals surface area contributed by atoms with Crippen LogP contribution in [0.4, 0.5) is 4.79 Å². The Balaban J connectivity index is 2.20. The molecule has 1 unspecified atom stereocenters. The van der Waals surface area contributed by atoms with Crippen molar-refractivity contribution >= 4 is 12.0 Å². The summed E-state index contributed by atoms with van der Waals surface area (Å²) in [5.41, 5.74) is 1.11. The molecular weight excluding hydrogens is 354 g/mol. The molecule has 0 aliphatic carbocycles. The molecule has 6 nitrogen and oxygen atoms in total. The van der Waals surface area contributed by atoms with E-state index < -0.39 is 5.60 Å². The summed E-state index contributed by atoms with van der Waals surface area (Å²) in [6.45, 7) is 11.0. The van der Waals surface area contributed by atoms with E-state index in [1.54, 1.807) is 11.9 Å². The molecule has 1 aliphatic rings. The lowest BCUT2D eigenvalue weighted by molar-refractivity contribution is 0.0211. The number of benzene rings is 1. The first-order chi connectivity index (χ1) is 13.1. The van der Waals surface area contributed by atoms with Gasteiger partial charge in [-0.15, -0.1) is 0 Å². The summed E-state index contributed by atoms with van der Waals surface area (Å²) in [6, 6.07) is 7.56. The molecule has 1 aliphatic heterocycles. The third-order valence-corrected chi connectivity index (χ3v) is 5.02. The molecule has 0 bridgehead atoms. The molecule has 1 atom stereocenters. The zero-order chi connectivity index (χ0) is 20.9. The minimum atomic E-state index is -0.540. The summed E-state index contributed by atoms with van der Waals surface area (Å²) in [5, 5.41) is 0. The quantitative estimate of drug-likeness (QED) is 0.769. The number of piperazine rings is 1. The molecule has 2 rings (SSSR count). The number of hydrogen-bond acceptors (Lipinski definition) is 4. The van der Waals surface area contributed by atoms with Gasteiger partial charge in [-0.3, -0.25) is 4.79 Å². The third kappa shape index (κ3) is 5.96. The van der Waals surface area contributed by atoms with Crippen LogP contribution in [0.15, 0.2) is 24.3 Å². The Morgan fingerprint density at radius 2 is 1.82 bits per heavy atom. The molecular formula is C22H35N3O3. The lowest BCUT2D eigenvalue weighted by Gasteiger charge is -2.33. The van der Waals surface area contributed by atoms with Crippen molar-refractivity contribution in [2.45, 2.75) is 52.2 Å². The van der Waals surface area contributed by atoms with Gasteiger partial charge in [-0.25, -0.2) is 4.79 Å². The molecule has 6 heteroatoms. The molecule has 0 N–H and O–H groups in total. The Labute approximate surface area is 169 Å². The molecule has 156 valence electrons. The van der Waals surface area contributed by atoms with E-state index in [1.165, 1.54) is 0 Å². The van der Waals surface area contributed by atoms with Crippen LogP contribution in [0.1, 0.15) is 62.5 Å². The van der Waals surface area contributed by atoms with Crippen molar-refractivity contribution in [3.05, 3.63) is 35.4 Å². The van der Waals surface area contributed by atoms with Crippen molar-refractivity contribution in [2.75, 3.05) is 40.3 Å². The highest BCUT2D eigenvalue weighted by Crippen LogP contribution is 2.27. The number of amides is 2. The Hall–Kier alpha value is -2.08. The second-order valence-electron chi connectivity index (χ2n) is 8.62. The first-order valence-corrected chi connectivity index (χ1v) is 10.2. The average Bonchev–Trinajstić information content (AvgIpc) is 2.64. The first kappa shape index (κ1) is 22.2. The number of carbonyl (C=O) groups is 2. The monoisotopic (exact) mass is 389 g/mol. The second-order valence-corrected chi connectivity index (χ2v) is 8.62. The first-order valence-electron chi connectivity index (χ1n) is 10.2. The van der Waals surface area contributed by atoms with Gasteiger partial charge in [0.05, 0.1) is 6.04 Å². The average molecular weight is 390 g/mol. The van der Waals surface area contributed by atoms with Crippen LogP contribution >= 0.6 is 0 Å². The number of rotatable bonds is 5. The molecule has 28 heavy (non-hydrogen) atoms. The predicted molar refractivity (Wildman–Crippen MR) is 111 cm³/mol. The Morgan fingerprint density at radius 3 is 2.39 bits per heavy atom. The predicted octanol–water partition coefficient (Wildman–Crippen LogP) is 3.78. The fraction of sp³-hybridized carbons (Fsp3) is 0.636. The molecule has 1 heterocycles. The van der Waals surface area contributed by atoms with Gasteiger partial charge in [-0.2, -0.15) is 0 Å². The molecule has 1 aromatic rings. The fourth-order valence-corrected chi connectivity index (χ4v) is 3.39. The molecule has 0 radical (unpaired) electrons. The van der Waals surface area contributed by atoms with Gasteiger partial charge in [0, 0.05) is 38.8 Å². The minimum absolute atomic E-state index is 0.0603. The van der Waals surface area contributed by atoms with Crippen molar-refractivity contribution in [1.82, 2.24) is 14.7 Å². The van der Waals surface area contributed by atoms with Crippen LogP contribution in [0.25, 0.3) is 0 Å². The SMILES string of the molecule is CCCC(c1cccc(C(=O)N2CCN(C)CC2)c1)N(C)C(=O)OC(C)(C)C. The maximum absolute atomic E-state index is 12.9. The fourth-order valence-electron chi connectivity index (χ4n) is 3.39. The van der Waals surface area contributed by atoms with E-state index in [9.17, 15) is 9.59 Å². The van der Waals surface area contributed by atoms with E-state index in [-0.39, 0.29) is 18.0 Å². The van der Waals surface area contributed by atoms with E-state index in [0.29, 0.717) is 5.56 Å². The highest BCUT2D eigenvalue weighted by Gasteiger charge is 2.27. The molecule has 2 amide bonds. The van der Waals surface area contributed by atoms with E-state index in [1.807, 2.05) is 49.9 Å². The highest BCUT2D eigenvalue weighted by atomic mass is 16.6. The normalized spacial score (nSPS) is 16.6. The van der Waals surface area contributed by atoms with E-state index in [2.05, 4.69) is 18.9 Å². The third-order valence-electron chi connectivity index (χ3n) is 5.02. The van der Waals surface area contributed by atoms with E-state index in [0.717, 1.165) is 44.6 Å². The number of nitrogens with zero attached hydrogens (tertiary/aromatic N) is 3. The van der Waals surface area contributed by atoms with E-state index >= 15 is 0 Å². The van der Waals surface area contributed by atoms with E-state index in [4.69, 9.17) is 4.74 Å². The van der Waals surface area contributed by atoms with Gasteiger partial charge in [-0.1, -0.05) is 25.5 Å². The minimum Gasteiger partial charge on any atom is -0.444 e. The van der Waals surface area contributed by atoms with Gasteiger partial charge in [0.25, 0.3) is 5.91 Å². The number of likely N-dealkylation sites (N-methyl/N-ethyl adjacent to an activating group) is 1. The number of ether oxygens (including phenoxy) is 1. The lowest BCUT2D eigenvalue weighted by Crippen LogP contribution is -2.47. The van der Waals surface area contributed by atoms with Crippen LogP contribution in [-0.2, 0) is 4.74 Å². The Morgan fingerprint density at radius 1 is 1.18 bits per heavy atom. The smallest absolute Gasteiger partial charge is 0.410 e. The number of hydrogen-bond donors (Lipinski definition) is 0. The Bertz CT molecular complexity index is 676. The van der Waals surface area contributed by atoms with Crippen LogP contribution in [0.3, 0.4) is 0 Å². The second kappa shape index (κ2) is 9.41. The van der Waals surface area contributed by atoms with Gasteiger partial charge >= 0.3 is 6.09 Å². The lowest BCUT2D eigenvalue weighted by atomic mass is 9.98. The molecule has 0 saturated carbocycles. The summed E-state index contributed by atoms with van der Waals surface area (Å²) in [4.78, 5) is 31.3. The topological polar surface area (TPSA) is 53.1 Å². The summed E-state index contributed by atoms with van der Waals surface area (Å²) in [5.74, 6) is 0.0603. The summed E-state index contributed by atoms with van der Waals surface area (Å²) >= 11 is 0. The molecule has 1 aromatic carbocycles. The van der Waals surface area contributed by atoms with Crippen LogP contribution in [0, 0.1) is 0 Å². The van der Waals surface area contributed by atoms with Gasteiger partial charge in [0.1, 0.15) is 5.60 Å². The summed E-state index contributed by atoms with van der Waals surface area (Å²) in [7, 11) is 3.84. The van der Waals surface area contributed by atoms with Crippen molar-refractivity contribution in [3.63, 3.8) is 0 Å². The Kier molecular flexibility index (Phi) is 7.47. The van der Waals surface area contributed by atoms with Crippen LogP contribution < -0.4 is 0 Å². The molecule has 1 saturated heterocycles. The van der Waals surface area contributed by atoms with Crippen LogP contribution in [0.5, 0.6) is 0 Å². The summed E-state index contributed by atoms with van der Waals surface area (Å²) in [6.07, 6.45) is 1.39.